The predicted octanol–water partition coefficient (Wildman–Crippen LogP) is 24.1. The maximum atomic E-state index is 12.9. The molecule has 0 amide bonds. The van der Waals surface area contributed by atoms with E-state index in [1.165, 1.54) is 225 Å². The Labute approximate surface area is 497 Å². The Bertz CT molecular complexity index is 1470. The van der Waals surface area contributed by atoms with E-state index in [1.54, 1.807) is 0 Å². The van der Waals surface area contributed by atoms with E-state index in [2.05, 4.69) is 93.7 Å². The molecule has 0 saturated carbocycles. The Morgan fingerprint density at radius 1 is 0.263 bits per heavy atom. The lowest BCUT2D eigenvalue weighted by Crippen LogP contribution is -2.30. The lowest BCUT2D eigenvalue weighted by atomic mass is 10.0. The molecule has 0 fully saturated rings. The SMILES string of the molecule is CC/C=C\C/C=C\C/C=C\C/C=C\C/C=C\CCCCCC(=O)OC(COC(=O)CCCCCCCCCC)COC(=O)CCCCCCCCCCCCCCCCCCCCCCCCC/C=C\CCCCCCCCCC. The normalized spacial score (nSPS) is 12.5. The third-order valence-electron chi connectivity index (χ3n) is 15.4. The van der Waals surface area contributed by atoms with Gasteiger partial charge in [0.25, 0.3) is 0 Å². The van der Waals surface area contributed by atoms with E-state index in [0.29, 0.717) is 19.3 Å². The summed E-state index contributed by atoms with van der Waals surface area (Å²) < 4.78 is 16.8. The van der Waals surface area contributed by atoms with Gasteiger partial charge in [0.2, 0.25) is 0 Å². The minimum Gasteiger partial charge on any atom is -0.462 e. The Morgan fingerprint density at radius 2 is 0.487 bits per heavy atom. The van der Waals surface area contributed by atoms with Crippen LogP contribution < -0.4 is 0 Å². The summed E-state index contributed by atoms with van der Waals surface area (Å²) in [7, 11) is 0. The molecule has 0 N–H and O–H groups in total. The van der Waals surface area contributed by atoms with Crippen molar-refractivity contribution in [3.63, 3.8) is 0 Å². The first-order valence-corrected chi connectivity index (χ1v) is 34.9. The van der Waals surface area contributed by atoms with E-state index in [-0.39, 0.29) is 31.1 Å². The van der Waals surface area contributed by atoms with Gasteiger partial charge in [-0.15, -0.1) is 0 Å². The summed E-state index contributed by atoms with van der Waals surface area (Å²) in [6.45, 7) is 6.51. The number of ether oxygens (including phenoxy) is 3. The molecular weight excluding hydrogens is 985 g/mol. The van der Waals surface area contributed by atoms with Crippen LogP contribution in [0.15, 0.2) is 72.9 Å². The molecule has 464 valence electrons. The van der Waals surface area contributed by atoms with Crippen LogP contribution >= 0.6 is 0 Å². The van der Waals surface area contributed by atoms with Gasteiger partial charge in [-0.05, 0) is 89.9 Å². The standard InChI is InChI=1S/C74H132O6/c1-4-7-10-13-16-19-21-23-25-27-29-30-31-32-33-34-35-36-37-38-39-40-41-42-43-44-46-47-49-51-53-55-58-61-64-67-73(76)79-70-71(69-78-72(75)66-63-60-57-18-15-12-9-6-3)80-74(77)68-65-62-59-56-54-52-50-48-45-28-26-24-22-20-17-14-11-8-5-2/h8,11,17,20,24,26-27,29,45,48,52,54,71H,4-7,9-10,12-16,18-19,21-23,25,28,30-44,46-47,49-51,53,55-70H2,1-3H3/b11-8-,20-17-,26-24-,29-27-,48-45-,54-52-. The van der Waals surface area contributed by atoms with Gasteiger partial charge in [0, 0.05) is 19.3 Å². The van der Waals surface area contributed by atoms with Gasteiger partial charge in [-0.3, -0.25) is 14.4 Å². The number of carbonyl (C=O) groups excluding carboxylic acids is 3. The third-order valence-corrected chi connectivity index (χ3v) is 15.4. The van der Waals surface area contributed by atoms with Crippen molar-refractivity contribution in [2.75, 3.05) is 13.2 Å². The van der Waals surface area contributed by atoms with Crippen LogP contribution in [0.1, 0.15) is 361 Å². The minimum atomic E-state index is -0.790. The summed E-state index contributed by atoms with van der Waals surface area (Å²) in [5.74, 6) is -0.907. The van der Waals surface area contributed by atoms with Crippen molar-refractivity contribution >= 4 is 17.9 Å². The smallest absolute Gasteiger partial charge is 0.306 e. The van der Waals surface area contributed by atoms with Crippen molar-refractivity contribution in [1.29, 1.82) is 0 Å². The van der Waals surface area contributed by atoms with Crippen LogP contribution in [0, 0.1) is 0 Å². The number of allylic oxidation sites excluding steroid dienone is 12. The lowest BCUT2D eigenvalue weighted by molar-refractivity contribution is -0.167. The van der Waals surface area contributed by atoms with Crippen molar-refractivity contribution in [3.05, 3.63) is 72.9 Å². The molecule has 0 aromatic rings. The monoisotopic (exact) mass is 1120 g/mol. The van der Waals surface area contributed by atoms with Gasteiger partial charge in [-0.1, -0.05) is 325 Å². The van der Waals surface area contributed by atoms with Crippen molar-refractivity contribution in [2.45, 2.75) is 367 Å². The highest BCUT2D eigenvalue weighted by atomic mass is 16.6. The van der Waals surface area contributed by atoms with Gasteiger partial charge in [-0.25, -0.2) is 0 Å². The second-order valence-corrected chi connectivity index (χ2v) is 23.4. The van der Waals surface area contributed by atoms with Crippen LogP contribution in [0.5, 0.6) is 0 Å². The Morgan fingerprint density at radius 3 is 0.787 bits per heavy atom. The highest BCUT2D eigenvalue weighted by molar-refractivity contribution is 5.71. The van der Waals surface area contributed by atoms with E-state index in [9.17, 15) is 14.4 Å². The van der Waals surface area contributed by atoms with Gasteiger partial charge >= 0.3 is 17.9 Å². The Hall–Kier alpha value is -3.15. The zero-order valence-corrected chi connectivity index (χ0v) is 53.3. The van der Waals surface area contributed by atoms with Gasteiger partial charge in [0.15, 0.2) is 6.10 Å². The summed E-state index contributed by atoms with van der Waals surface area (Å²) in [6, 6.07) is 0. The van der Waals surface area contributed by atoms with Gasteiger partial charge < -0.3 is 14.2 Å². The molecule has 0 heterocycles. The quantitative estimate of drug-likeness (QED) is 0.0261. The molecule has 0 bridgehead atoms. The molecule has 0 spiro atoms. The number of carbonyl (C=O) groups is 3. The van der Waals surface area contributed by atoms with Crippen molar-refractivity contribution in [1.82, 2.24) is 0 Å². The third kappa shape index (κ3) is 65.7. The van der Waals surface area contributed by atoms with E-state index >= 15 is 0 Å². The average Bonchev–Trinajstić information content (AvgIpc) is 3.46. The lowest BCUT2D eigenvalue weighted by Gasteiger charge is -2.18. The molecular formula is C74H132O6. The molecule has 1 unspecified atom stereocenters. The maximum absolute atomic E-state index is 12.9. The molecule has 6 heteroatoms. The van der Waals surface area contributed by atoms with Crippen molar-refractivity contribution < 1.29 is 28.6 Å². The van der Waals surface area contributed by atoms with E-state index < -0.39 is 6.10 Å². The fraction of sp³-hybridized carbons (Fsp3) is 0.797. The summed E-state index contributed by atoms with van der Waals surface area (Å²) in [4.78, 5) is 38.1. The summed E-state index contributed by atoms with van der Waals surface area (Å²) in [6.07, 6.45) is 89.7. The summed E-state index contributed by atoms with van der Waals surface area (Å²) in [5.41, 5.74) is 0. The van der Waals surface area contributed by atoms with Crippen LogP contribution in [-0.4, -0.2) is 37.2 Å². The zero-order chi connectivity index (χ0) is 57.8. The molecule has 1 atom stereocenters. The van der Waals surface area contributed by atoms with Crippen LogP contribution in [0.3, 0.4) is 0 Å². The molecule has 0 aliphatic carbocycles. The van der Waals surface area contributed by atoms with Gasteiger partial charge in [-0.2, -0.15) is 0 Å². The molecule has 0 aliphatic heterocycles. The summed E-state index contributed by atoms with van der Waals surface area (Å²) in [5, 5.41) is 0. The highest BCUT2D eigenvalue weighted by Crippen LogP contribution is 2.18. The molecule has 0 aromatic carbocycles. The molecule has 0 aliphatic rings. The first kappa shape index (κ1) is 76.9. The number of hydrogen-bond acceptors (Lipinski definition) is 6. The second kappa shape index (κ2) is 68.3. The van der Waals surface area contributed by atoms with Crippen LogP contribution in [0.2, 0.25) is 0 Å². The fourth-order valence-corrected chi connectivity index (χ4v) is 10.2. The van der Waals surface area contributed by atoms with E-state index in [0.717, 1.165) is 96.3 Å². The Kier molecular flexibility index (Phi) is 65.7. The largest absolute Gasteiger partial charge is 0.462 e. The van der Waals surface area contributed by atoms with Crippen molar-refractivity contribution in [2.24, 2.45) is 0 Å². The Balaban J connectivity index is 4.02. The molecule has 80 heavy (non-hydrogen) atoms. The zero-order valence-electron chi connectivity index (χ0n) is 53.3. The van der Waals surface area contributed by atoms with Crippen LogP contribution in [0.4, 0.5) is 0 Å². The number of hydrogen-bond donors (Lipinski definition) is 0. The van der Waals surface area contributed by atoms with Gasteiger partial charge in [0.05, 0.1) is 0 Å². The summed E-state index contributed by atoms with van der Waals surface area (Å²) >= 11 is 0. The fourth-order valence-electron chi connectivity index (χ4n) is 10.2. The predicted molar refractivity (Wildman–Crippen MR) is 348 cm³/mol. The van der Waals surface area contributed by atoms with Gasteiger partial charge in [0.1, 0.15) is 13.2 Å². The molecule has 0 saturated heterocycles. The minimum absolute atomic E-state index is 0.0851. The van der Waals surface area contributed by atoms with E-state index in [1.807, 2.05) is 0 Å². The molecule has 0 radical (unpaired) electrons. The maximum Gasteiger partial charge on any atom is 0.306 e. The number of rotatable bonds is 64. The average molecular weight is 1120 g/mol. The molecule has 0 aromatic heterocycles. The molecule has 0 rings (SSSR count). The number of unbranched alkanes of at least 4 members (excludes halogenated alkanes) is 41. The van der Waals surface area contributed by atoms with Crippen LogP contribution in [-0.2, 0) is 28.6 Å². The van der Waals surface area contributed by atoms with Crippen LogP contribution in [0.25, 0.3) is 0 Å². The highest BCUT2D eigenvalue weighted by Gasteiger charge is 2.19. The molecule has 6 nitrogen and oxygen atoms in total. The second-order valence-electron chi connectivity index (χ2n) is 23.4. The number of esters is 3. The topological polar surface area (TPSA) is 78.9 Å². The van der Waals surface area contributed by atoms with Crippen molar-refractivity contribution in [3.8, 4) is 0 Å². The van der Waals surface area contributed by atoms with E-state index in [4.69, 9.17) is 14.2 Å². The first-order valence-electron chi connectivity index (χ1n) is 34.9. The first-order chi connectivity index (χ1) is 39.5.